The van der Waals surface area contributed by atoms with E-state index < -0.39 is 6.10 Å². The van der Waals surface area contributed by atoms with Crippen molar-refractivity contribution in [2.75, 3.05) is 20.3 Å². The lowest BCUT2D eigenvalue weighted by molar-refractivity contribution is 0.0576. The molecule has 0 amide bonds. The molecule has 0 spiro atoms. The molecule has 2 bridgehead atoms. The molecule has 1 aromatic carbocycles. The molecule has 1 fully saturated rings. The van der Waals surface area contributed by atoms with E-state index in [0.717, 1.165) is 5.92 Å². The molecule has 4 atom stereocenters. The Kier molecular flexibility index (Phi) is 4.39. The first-order valence-corrected chi connectivity index (χ1v) is 7.77. The van der Waals surface area contributed by atoms with Crippen LogP contribution in [0.1, 0.15) is 36.3 Å². The molecular formula is C17H25NO2. The van der Waals surface area contributed by atoms with E-state index in [4.69, 9.17) is 4.74 Å². The molecule has 0 aromatic heterocycles. The highest BCUT2D eigenvalue weighted by molar-refractivity contribution is 5.36. The summed E-state index contributed by atoms with van der Waals surface area (Å²) < 4.78 is 5.00. The van der Waals surface area contributed by atoms with Crippen LogP contribution < -0.4 is 5.32 Å². The van der Waals surface area contributed by atoms with E-state index in [1.165, 1.54) is 36.8 Å². The zero-order chi connectivity index (χ0) is 13.9. The van der Waals surface area contributed by atoms with Crippen molar-refractivity contribution in [2.24, 2.45) is 5.92 Å². The SMILES string of the molecule is COCC(O)CNC1C2CCCC1c1ccccc1C2. The van der Waals surface area contributed by atoms with Gasteiger partial charge in [0.15, 0.2) is 0 Å². The van der Waals surface area contributed by atoms with Crippen LogP contribution in [0.4, 0.5) is 0 Å². The Labute approximate surface area is 121 Å². The second-order valence-electron chi connectivity index (χ2n) is 6.24. The van der Waals surface area contributed by atoms with Gasteiger partial charge in [-0.25, -0.2) is 0 Å². The molecule has 0 radical (unpaired) electrons. The number of methoxy groups -OCH3 is 1. The maximum atomic E-state index is 9.85. The van der Waals surface area contributed by atoms with Gasteiger partial charge in [0.05, 0.1) is 12.7 Å². The minimum absolute atomic E-state index is 0.405. The Morgan fingerprint density at radius 2 is 2.20 bits per heavy atom. The normalized spacial score (nSPS) is 29.8. The number of fused-ring (bicyclic) bond motifs is 4. The maximum absolute atomic E-state index is 9.85. The molecule has 3 rings (SSSR count). The van der Waals surface area contributed by atoms with E-state index >= 15 is 0 Å². The third kappa shape index (κ3) is 2.76. The first-order valence-electron chi connectivity index (χ1n) is 7.77. The summed E-state index contributed by atoms with van der Waals surface area (Å²) in [5, 5.41) is 13.5. The summed E-state index contributed by atoms with van der Waals surface area (Å²) in [5.74, 6) is 1.34. The molecular weight excluding hydrogens is 250 g/mol. The van der Waals surface area contributed by atoms with Gasteiger partial charge in [-0.1, -0.05) is 30.7 Å². The van der Waals surface area contributed by atoms with Crippen LogP contribution in [0, 0.1) is 5.92 Å². The van der Waals surface area contributed by atoms with E-state index in [1.807, 2.05) is 0 Å². The standard InChI is InChI=1S/C17H25NO2/c1-20-11-14(19)10-18-17-13-6-4-8-16(17)15-7-3-2-5-12(15)9-13/h2-3,5,7,13-14,16-19H,4,6,8-11H2,1H3. The summed E-state index contributed by atoms with van der Waals surface area (Å²) in [5.41, 5.74) is 3.07. The van der Waals surface area contributed by atoms with Crippen LogP contribution in [-0.4, -0.2) is 37.5 Å². The molecule has 1 saturated carbocycles. The van der Waals surface area contributed by atoms with Gasteiger partial charge in [-0.2, -0.15) is 0 Å². The first-order chi connectivity index (χ1) is 9.79. The fourth-order valence-corrected chi connectivity index (χ4v) is 4.06. The van der Waals surface area contributed by atoms with Crippen molar-refractivity contribution in [3.05, 3.63) is 35.4 Å². The molecule has 2 aliphatic rings. The number of hydrogen-bond donors (Lipinski definition) is 2. The van der Waals surface area contributed by atoms with Crippen molar-refractivity contribution in [2.45, 2.75) is 43.7 Å². The number of hydrogen-bond acceptors (Lipinski definition) is 3. The second-order valence-corrected chi connectivity index (χ2v) is 6.24. The predicted octanol–water partition coefficient (Wildman–Crippen LogP) is 2.09. The van der Waals surface area contributed by atoms with Crippen LogP contribution in [0.25, 0.3) is 0 Å². The summed E-state index contributed by atoms with van der Waals surface area (Å²) in [6.45, 7) is 1.04. The average molecular weight is 275 g/mol. The van der Waals surface area contributed by atoms with Crippen molar-refractivity contribution in [3.8, 4) is 0 Å². The van der Waals surface area contributed by atoms with Crippen LogP contribution in [0.2, 0.25) is 0 Å². The van der Waals surface area contributed by atoms with E-state index in [-0.39, 0.29) is 0 Å². The van der Waals surface area contributed by atoms with Gasteiger partial charge < -0.3 is 15.2 Å². The van der Waals surface area contributed by atoms with E-state index in [0.29, 0.717) is 25.1 Å². The van der Waals surface area contributed by atoms with Gasteiger partial charge in [0.2, 0.25) is 0 Å². The molecule has 110 valence electrons. The Morgan fingerprint density at radius 1 is 1.35 bits per heavy atom. The molecule has 3 nitrogen and oxygen atoms in total. The van der Waals surface area contributed by atoms with Crippen molar-refractivity contribution in [1.29, 1.82) is 0 Å². The highest BCUT2D eigenvalue weighted by Crippen LogP contribution is 2.43. The molecule has 20 heavy (non-hydrogen) atoms. The Balaban J connectivity index is 1.72. The molecule has 0 saturated heterocycles. The second kappa shape index (κ2) is 6.25. The molecule has 2 aliphatic carbocycles. The van der Waals surface area contributed by atoms with Crippen molar-refractivity contribution < 1.29 is 9.84 Å². The lowest BCUT2D eigenvalue weighted by Gasteiger charge is -2.44. The predicted molar refractivity (Wildman–Crippen MR) is 79.9 cm³/mol. The average Bonchev–Trinajstić information content (AvgIpc) is 2.45. The van der Waals surface area contributed by atoms with E-state index in [1.54, 1.807) is 7.11 Å². The summed E-state index contributed by atoms with van der Waals surface area (Å²) in [6, 6.07) is 9.42. The van der Waals surface area contributed by atoms with Crippen molar-refractivity contribution >= 4 is 0 Å². The van der Waals surface area contributed by atoms with Gasteiger partial charge >= 0.3 is 0 Å². The highest BCUT2D eigenvalue weighted by atomic mass is 16.5. The number of benzene rings is 1. The van der Waals surface area contributed by atoms with E-state index in [2.05, 4.69) is 29.6 Å². The summed E-state index contributed by atoms with van der Waals surface area (Å²) in [4.78, 5) is 0. The smallest absolute Gasteiger partial charge is 0.0897 e. The van der Waals surface area contributed by atoms with Crippen LogP contribution in [0.3, 0.4) is 0 Å². The fourth-order valence-electron chi connectivity index (χ4n) is 4.06. The van der Waals surface area contributed by atoms with Gasteiger partial charge in [0.1, 0.15) is 0 Å². The van der Waals surface area contributed by atoms with Crippen molar-refractivity contribution in [1.82, 2.24) is 5.32 Å². The first kappa shape index (κ1) is 14.1. The summed E-state index contributed by atoms with van der Waals surface area (Å²) in [7, 11) is 1.63. The Morgan fingerprint density at radius 3 is 3.05 bits per heavy atom. The van der Waals surface area contributed by atoms with Gasteiger partial charge in [0, 0.05) is 19.7 Å². The maximum Gasteiger partial charge on any atom is 0.0897 e. The number of aliphatic hydroxyl groups is 1. The highest BCUT2D eigenvalue weighted by Gasteiger charge is 2.38. The monoisotopic (exact) mass is 275 g/mol. The largest absolute Gasteiger partial charge is 0.389 e. The molecule has 1 aromatic rings. The van der Waals surface area contributed by atoms with Gasteiger partial charge in [-0.15, -0.1) is 0 Å². The molecule has 4 unspecified atom stereocenters. The minimum atomic E-state index is -0.405. The molecule has 3 heteroatoms. The van der Waals surface area contributed by atoms with Gasteiger partial charge in [0.25, 0.3) is 0 Å². The minimum Gasteiger partial charge on any atom is -0.389 e. The van der Waals surface area contributed by atoms with Gasteiger partial charge in [-0.3, -0.25) is 0 Å². The van der Waals surface area contributed by atoms with E-state index in [9.17, 15) is 5.11 Å². The number of aliphatic hydroxyl groups excluding tert-OH is 1. The number of nitrogens with one attached hydrogen (secondary N) is 1. The van der Waals surface area contributed by atoms with Crippen LogP contribution in [0.15, 0.2) is 24.3 Å². The third-order valence-electron chi connectivity index (χ3n) is 4.92. The molecule has 2 N–H and O–H groups in total. The lowest BCUT2D eigenvalue weighted by atomic mass is 9.66. The quantitative estimate of drug-likeness (QED) is 0.864. The summed E-state index contributed by atoms with van der Waals surface area (Å²) in [6.07, 6.45) is 4.69. The third-order valence-corrected chi connectivity index (χ3v) is 4.92. The fraction of sp³-hybridized carbons (Fsp3) is 0.647. The van der Waals surface area contributed by atoms with Crippen LogP contribution >= 0.6 is 0 Å². The molecule has 0 heterocycles. The lowest BCUT2D eigenvalue weighted by Crippen LogP contribution is -2.49. The number of rotatable bonds is 5. The Hall–Kier alpha value is -0.900. The van der Waals surface area contributed by atoms with Gasteiger partial charge in [-0.05, 0) is 42.2 Å². The van der Waals surface area contributed by atoms with Crippen LogP contribution in [0.5, 0.6) is 0 Å². The van der Waals surface area contributed by atoms with Crippen molar-refractivity contribution in [3.63, 3.8) is 0 Å². The molecule has 0 aliphatic heterocycles. The number of ether oxygens (including phenoxy) is 1. The zero-order valence-electron chi connectivity index (χ0n) is 12.2. The topological polar surface area (TPSA) is 41.5 Å². The summed E-state index contributed by atoms with van der Waals surface area (Å²) >= 11 is 0. The zero-order valence-corrected chi connectivity index (χ0v) is 12.2. The Bertz CT molecular complexity index is 448. The van der Waals surface area contributed by atoms with Crippen LogP contribution in [-0.2, 0) is 11.2 Å².